The summed E-state index contributed by atoms with van der Waals surface area (Å²) in [7, 11) is 1.76. The number of nitrogens with one attached hydrogen (secondary N) is 2. The van der Waals surface area contributed by atoms with Crippen LogP contribution in [0.25, 0.3) is 0 Å². The van der Waals surface area contributed by atoms with Crippen LogP contribution in [-0.2, 0) is 9.59 Å². The molecule has 0 spiro atoms. The van der Waals surface area contributed by atoms with Gasteiger partial charge in [-0.2, -0.15) is 0 Å². The summed E-state index contributed by atoms with van der Waals surface area (Å²) in [6.07, 6.45) is 4.42. The van der Waals surface area contributed by atoms with Gasteiger partial charge in [-0.3, -0.25) is 9.59 Å². The zero-order valence-corrected chi connectivity index (χ0v) is 10.6. The van der Waals surface area contributed by atoms with Crippen molar-refractivity contribution in [3.63, 3.8) is 0 Å². The number of carbonyl (C=O) groups excluding carboxylic acids is 2. The highest BCUT2D eigenvalue weighted by atomic mass is 16.1. The maximum atomic E-state index is 11.3. The van der Waals surface area contributed by atoms with Crippen LogP contribution in [0.2, 0.25) is 0 Å². The summed E-state index contributed by atoms with van der Waals surface area (Å²) in [4.78, 5) is 22.4. The molecule has 0 radical (unpaired) electrons. The van der Waals surface area contributed by atoms with Crippen LogP contribution >= 0.6 is 0 Å². The number of hydrogen-bond acceptors (Lipinski definition) is 3. The van der Waals surface area contributed by atoms with Gasteiger partial charge in [0.25, 0.3) is 0 Å². The number of rotatable bonds is 9. The van der Waals surface area contributed by atoms with Crippen molar-refractivity contribution in [3.05, 3.63) is 0 Å². The van der Waals surface area contributed by atoms with Crippen LogP contribution in [0, 0.1) is 0 Å². The van der Waals surface area contributed by atoms with E-state index in [0.29, 0.717) is 19.4 Å². The maximum Gasteiger partial charge on any atom is 0.219 e. The van der Waals surface area contributed by atoms with Gasteiger partial charge >= 0.3 is 0 Å². The highest BCUT2D eigenvalue weighted by molar-refractivity contribution is 5.81. The van der Waals surface area contributed by atoms with Crippen molar-refractivity contribution < 1.29 is 9.59 Å². The Morgan fingerprint density at radius 3 is 2.44 bits per heavy atom. The van der Waals surface area contributed by atoms with Crippen molar-refractivity contribution in [2.75, 3.05) is 13.6 Å². The van der Waals surface area contributed by atoms with Gasteiger partial charge in [-0.25, -0.2) is 0 Å². The van der Waals surface area contributed by atoms with Crippen molar-refractivity contribution >= 4 is 11.7 Å². The zero-order chi connectivity index (χ0) is 12.4. The normalized spacial score (nSPS) is 12.2. The summed E-state index contributed by atoms with van der Waals surface area (Å²) >= 11 is 0. The lowest BCUT2D eigenvalue weighted by Gasteiger charge is -2.12. The average Bonchev–Trinajstić information content (AvgIpc) is 2.24. The molecule has 4 heteroatoms. The minimum absolute atomic E-state index is 0.0897. The van der Waals surface area contributed by atoms with Crippen molar-refractivity contribution in [3.8, 4) is 0 Å². The zero-order valence-electron chi connectivity index (χ0n) is 10.6. The summed E-state index contributed by atoms with van der Waals surface area (Å²) in [5.41, 5.74) is 0. The van der Waals surface area contributed by atoms with E-state index in [0.717, 1.165) is 19.3 Å². The van der Waals surface area contributed by atoms with Gasteiger partial charge in [-0.05, 0) is 26.8 Å². The second-order valence-corrected chi connectivity index (χ2v) is 4.05. The molecule has 1 atom stereocenters. The van der Waals surface area contributed by atoms with Gasteiger partial charge in [0.15, 0.2) is 0 Å². The number of hydrogen-bond donors (Lipinski definition) is 2. The van der Waals surface area contributed by atoms with E-state index in [1.807, 2.05) is 0 Å². The molecule has 0 bridgehead atoms. The lowest BCUT2D eigenvalue weighted by Crippen LogP contribution is -2.36. The predicted octanol–water partition coefficient (Wildman–Crippen LogP) is 1.25. The van der Waals surface area contributed by atoms with E-state index in [1.54, 1.807) is 14.0 Å². The SMILES string of the molecule is CCCCCC(=O)NCCC(NC)C(C)=O. The molecule has 0 aromatic carbocycles. The minimum atomic E-state index is -0.143. The Morgan fingerprint density at radius 2 is 1.94 bits per heavy atom. The van der Waals surface area contributed by atoms with Crippen LogP contribution in [0.15, 0.2) is 0 Å². The van der Waals surface area contributed by atoms with E-state index in [4.69, 9.17) is 0 Å². The quantitative estimate of drug-likeness (QED) is 0.584. The Balaban J connectivity index is 3.56. The van der Waals surface area contributed by atoms with Crippen LogP contribution in [0.1, 0.15) is 46.0 Å². The molecule has 94 valence electrons. The summed E-state index contributed by atoms with van der Waals surface area (Å²) < 4.78 is 0. The van der Waals surface area contributed by atoms with Crippen molar-refractivity contribution in [1.29, 1.82) is 0 Å². The molecule has 0 rings (SSSR count). The van der Waals surface area contributed by atoms with Crippen molar-refractivity contribution in [2.24, 2.45) is 0 Å². The van der Waals surface area contributed by atoms with Crippen LogP contribution in [-0.4, -0.2) is 31.3 Å². The number of ketones is 1. The van der Waals surface area contributed by atoms with Crippen molar-refractivity contribution in [2.45, 2.75) is 52.0 Å². The Hall–Kier alpha value is -0.900. The highest BCUT2D eigenvalue weighted by Crippen LogP contribution is 1.98. The lowest BCUT2D eigenvalue weighted by atomic mass is 10.1. The van der Waals surface area contributed by atoms with E-state index in [2.05, 4.69) is 17.6 Å². The largest absolute Gasteiger partial charge is 0.356 e. The minimum Gasteiger partial charge on any atom is -0.356 e. The molecule has 2 N–H and O–H groups in total. The van der Waals surface area contributed by atoms with Gasteiger partial charge in [0.1, 0.15) is 5.78 Å². The number of unbranched alkanes of at least 4 members (excludes halogenated alkanes) is 2. The second-order valence-electron chi connectivity index (χ2n) is 4.05. The molecular weight excluding hydrogens is 204 g/mol. The molecule has 0 heterocycles. The Labute approximate surface area is 98.2 Å². The van der Waals surface area contributed by atoms with Gasteiger partial charge in [0.05, 0.1) is 6.04 Å². The highest BCUT2D eigenvalue weighted by Gasteiger charge is 2.11. The van der Waals surface area contributed by atoms with E-state index >= 15 is 0 Å². The standard InChI is InChI=1S/C12H24N2O2/c1-4-5-6-7-12(16)14-9-8-11(13-3)10(2)15/h11,13H,4-9H2,1-3H3,(H,14,16). The van der Waals surface area contributed by atoms with Gasteiger partial charge in [0, 0.05) is 13.0 Å². The molecule has 16 heavy (non-hydrogen) atoms. The number of likely N-dealkylation sites (N-methyl/N-ethyl adjacent to an activating group) is 1. The summed E-state index contributed by atoms with van der Waals surface area (Å²) in [6, 6.07) is -0.143. The molecule has 4 nitrogen and oxygen atoms in total. The fourth-order valence-electron chi connectivity index (χ4n) is 1.53. The molecule has 0 aliphatic carbocycles. The molecule has 0 aliphatic rings. The molecule has 1 unspecified atom stereocenters. The van der Waals surface area contributed by atoms with Crippen LogP contribution < -0.4 is 10.6 Å². The third-order valence-electron chi connectivity index (χ3n) is 2.60. The van der Waals surface area contributed by atoms with Crippen LogP contribution in [0.5, 0.6) is 0 Å². The second kappa shape index (κ2) is 9.33. The number of amides is 1. The monoisotopic (exact) mass is 228 g/mol. The fraction of sp³-hybridized carbons (Fsp3) is 0.833. The summed E-state index contributed by atoms with van der Waals surface area (Å²) in [5, 5.41) is 5.76. The molecule has 0 saturated heterocycles. The smallest absolute Gasteiger partial charge is 0.219 e. The molecular formula is C12H24N2O2. The summed E-state index contributed by atoms with van der Waals surface area (Å²) in [5.74, 6) is 0.203. The fourth-order valence-corrected chi connectivity index (χ4v) is 1.53. The van der Waals surface area contributed by atoms with Crippen LogP contribution in [0.3, 0.4) is 0 Å². The van der Waals surface area contributed by atoms with Gasteiger partial charge in [-0.15, -0.1) is 0 Å². The average molecular weight is 228 g/mol. The Kier molecular flexibility index (Phi) is 8.81. The van der Waals surface area contributed by atoms with E-state index in [-0.39, 0.29) is 17.7 Å². The molecule has 0 saturated carbocycles. The lowest BCUT2D eigenvalue weighted by molar-refractivity contribution is -0.122. The first kappa shape index (κ1) is 15.1. The van der Waals surface area contributed by atoms with E-state index in [1.165, 1.54) is 0 Å². The molecule has 1 amide bonds. The van der Waals surface area contributed by atoms with Crippen molar-refractivity contribution in [1.82, 2.24) is 10.6 Å². The van der Waals surface area contributed by atoms with E-state index in [9.17, 15) is 9.59 Å². The molecule has 0 aromatic heterocycles. The maximum absolute atomic E-state index is 11.3. The molecule has 0 aliphatic heterocycles. The van der Waals surface area contributed by atoms with Gasteiger partial charge < -0.3 is 10.6 Å². The molecule has 0 fully saturated rings. The molecule has 0 aromatic rings. The third kappa shape index (κ3) is 7.40. The third-order valence-corrected chi connectivity index (χ3v) is 2.60. The number of Topliss-reactive ketones (excluding diaryl/α,β-unsaturated/α-hetero) is 1. The predicted molar refractivity (Wildman–Crippen MR) is 65.3 cm³/mol. The first-order chi connectivity index (χ1) is 7.61. The number of carbonyl (C=O) groups is 2. The van der Waals surface area contributed by atoms with Gasteiger partial charge in [-0.1, -0.05) is 19.8 Å². The van der Waals surface area contributed by atoms with Crippen LogP contribution in [0.4, 0.5) is 0 Å². The van der Waals surface area contributed by atoms with Gasteiger partial charge in [0.2, 0.25) is 5.91 Å². The van der Waals surface area contributed by atoms with E-state index < -0.39 is 0 Å². The first-order valence-electron chi connectivity index (χ1n) is 6.06. The topological polar surface area (TPSA) is 58.2 Å². The summed E-state index contributed by atoms with van der Waals surface area (Å²) in [6.45, 7) is 4.24. The first-order valence-corrected chi connectivity index (χ1v) is 6.06. The Bertz CT molecular complexity index is 217. The Morgan fingerprint density at radius 1 is 1.25 bits per heavy atom.